The first-order valence-electron chi connectivity index (χ1n) is 9.05. The maximum absolute atomic E-state index is 11.9. The highest BCUT2D eigenvalue weighted by Gasteiger charge is 2.16. The van der Waals surface area contributed by atoms with Crippen LogP contribution in [-0.4, -0.2) is 48.9 Å². The second kappa shape index (κ2) is 10.2. The standard InChI is InChI=1S/C20H22N4O4/c25-19(22-13-18-2-1-11-27-18)14-28-17-5-3-15(4-6-17)12-23-24-20(26)16-7-9-21-10-8-16/h3-10,12,18H,1-2,11,13-14H2,(H,22,25)(H,24,26)/b23-12-/t18-/m0/s1. The van der Waals surface area contributed by atoms with E-state index >= 15 is 0 Å². The molecule has 2 amide bonds. The number of amides is 2. The van der Waals surface area contributed by atoms with E-state index in [9.17, 15) is 9.59 Å². The maximum atomic E-state index is 11.9. The quantitative estimate of drug-likeness (QED) is 0.532. The van der Waals surface area contributed by atoms with Crippen LogP contribution in [0.4, 0.5) is 0 Å². The highest BCUT2D eigenvalue weighted by atomic mass is 16.5. The van der Waals surface area contributed by atoms with Crippen molar-refractivity contribution < 1.29 is 19.1 Å². The summed E-state index contributed by atoms with van der Waals surface area (Å²) in [6, 6.07) is 10.2. The number of carbonyl (C=O) groups excluding carboxylic acids is 2. The molecule has 3 rings (SSSR count). The lowest BCUT2D eigenvalue weighted by molar-refractivity contribution is -0.123. The fourth-order valence-corrected chi connectivity index (χ4v) is 2.62. The molecule has 1 aliphatic heterocycles. The van der Waals surface area contributed by atoms with E-state index in [4.69, 9.17) is 9.47 Å². The van der Waals surface area contributed by atoms with Gasteiger partial charge in [-0.25, -0.2) is 5.43 Å². The minimum Gasteiger partial charge on any atom is -0.484 e. The first-order valence-corrected chi connectivity index (χ1v) is 9.05. The summed E-state index contributed by atoms with van der Waals surface area (Å²) in [6.07, 6.45) is 6.74. The molecule has 8 nitrogen and oxygen atoms in total. The normalized spacial score (nSPS) is 16.1. The number of benzene rings is 1. The van der Waals surface area contributed by atoms with Crippen molar-refractivity contribution in [2.45, 2.75) is 18.9 Å². The molecule has 1 aliphatic rings. The summed E-state index contributed by atoms with van der Waals surface area (Å²) in [7, 11) is 0. The Morgan fingerprint density at radius 3 is 2.71 bits per heavy atom. The summed E-state index contributed by atoms with van der Waals surface area (Å²) < 4.78 is 10.9. The van der Waals surface area contributed by atoms with Crippen LogP contribution >= 0.6 is 0 Å². The molecule has 0 spiro atoms. The first-order chi connectivity index (χ1) is 13.7. The minimum absolute atomic E-state index is 0.0534. The zero-order chi connectivity index (χ0) is 19.6. The second-order valence-electron chi connectivity index (χ2n) is 6.23. The number of nitrogens with zero attached hydrogens (tertiary/aromatic N) is 2. The number of ether oxygens (including phenoxy) is 2. The number of nitrogens with one attached hydrogen (secondary N) is 2. The summed E-state index contributed by atoms with van der Waals surface area (Å²) in [5.41, 5.74) is 3.71. The Morgan fingerprint density at radius 1 is 1.21 bits per heavy atom. The van der Waals surface area contributed by atoms with Crippen molar-refractivity contribution in [2.75, 3.05) is 19.8 Å². The number of aromatic nitrogens is 1. The molecular weight excluding hydrogens is 360 g/mol. The third kappa shape index (κ3) is 6.17. The van der Waals surface area contributed by atoms with Gasteiger partial charge in [0.15, 0.2) is 6.61 Å². The van der Waals surface area contributed by atoms with Crippen LogP contribution in [-0.2, 0) is 9.53 Å². The molecule has 1 aromatic carbocycles. The third-order valence-corrected chi connectivity index (χ3v) is 4.12. The van der Waals surface area contributed by atoms with E-state index < -0.39 is 0 Å². The molecule has 0 saturated carbocycles. The molecule has 2 heterocycles. The van der Waals surface area contributed by atoms with E-state index in [2.05, 4.69) is 20.8 Å². The third-order valence-electron chi connectivity index (χ3n) is 4.12. The van der Waals surface area contributed by atoms with Crippen molar-refractivity contribution in [1.29, 1.82) is 0 Å². The fraction of sp³-hybridized carbons (Fsp3) is 0.300. The van der Waals surface area contributed by atoms with E-state index in [1.165, 1.54) is 6.21 Å². The highest BCUT2D eigenvalue weighted by Crippen LogP contribution is 2.12. The summed E-state index contributed by atoms with van der Waals surface area (Å²) in [5.74, 6) is 0.0813. The Labute approximate surface area is 163 Å². The van der Waals surface area contributed by atoms with Crippen LogP contribution in [0.2, 0.25) is 0 Å². The van der Waals surface area contributed by atoms with Gasteiger partial charge in [-0.15, -0.1) is 0 Å². The number of rotatable bonds is 8. The Hall–Kier alpha value is -3.26. The number of pyridine rings is 1. The molecule has 8 heteroatoms. The van der Waals surface area contributed by atoms with Crippen LogP contribution in [0.3, 0.4) is 0 Å². The molecule has 1 fully saturated rings. The SMILES string of the molecule is O=C(COc1ccc(/C=N\NC(=O)c2ccncc2)cc1)NC[C@@H]1CCCO1. The van der Waals surface area contributed by atoms with Crippen molar-refractivity contribution in [2.24, 2.45) is 5.10 Å². The van der Waals surface area contributed by atoms with Crippen molar-refractivity contribution in [3.63, 3.8) is 0 Å². The largest absolute Gasteiger partial charge is 0.484 e. The predicted molar refractivity (Wildman–Crippen MR) is 103 cm³/mol. The zero-order valence-corrected chi connectivity index (χ0v) is 15.3. The van der Waals surface area contributed by atoms with Gasteiger partial charge in [0.25, 0.3) is 11.8 Å². The van der Waals surface area contributed by atoms with Crippen molar-refractivity contribution >= 4 is 18.0 Å². The number of carbonyl (C=O) groups is 2. The predicted octanol–water partition coefficient (Wildman–Crippen LogP) is 1.52. The highest BCUT2D eigenvalue weighted by molar-refractivity contribution is 5.94. The van der Waals surface area contributed by atoms with Gasteiger partial charge in [0.2, 0.25) is 0 Å². The molecular formula is C20H22N4O4. The Kier molecular flexibility index (Phi) is 7.08. The van der Waals surface area contributed by atoms with Gasteiger partial charge in [0, 0.05) is 31.1 Å². The van der Waals surface area contributed by atoms with E-state index in [1.54, 1.807) is 48.8 Å². The molecule has 1 saturated heterocycles. The van der Waals surface area contributed by atoms with Gasteiger partial charge in [-0.2, -0.15) is 5.10 Å². The smallest absolute Gasteiger partial charge is 0.271 e. The average molecular weight is 382 g/mol. The molecule has 28 heavy (non-hydrogen) atoms. The van der Waals surface area contributed by atoms with Crippen LogP contribution in [0, 0.1) is 0 Å². The van der Waals surface area contributed by atoms with Gasteiger partial charge in [-0.1, -0.05) is 0 Å². The van der Waals surface area contributed by atoms with E-state index in [0.717, 1.165) is 25.0 Å². The van der Waals surface area contributed by atoms with Gasteiger partial charge in [-0.05, 0) is 54.8 Å². The van der Waals surface area contributed by atoms with E-state index in [1.807, 2.05) is 0 Å². The number of hydrazone groups is 1. The summed E-state index contributed by atoms with van der Waals surface area (Å²) >= 11 is 0. The molecule has 0 bridgehead atoms. The van der Waals surface area contributed by atoms with Crippen LogP contribution in [0.25, 0.3) is 0 Å². The zero-order valence-electron chi connectivity index (χ0n) is 15.3. The van der Waals surface area contributed by atoms with Gasteiger partial charge >= 0.3 is 0 Å². The van der Waals surface area contributed by atoms with Crippen molar-refractivity contribution in [1.82, 2.24) is 15.7 Å². The van der Waals surface area contributed by atoms with Gasteiger partial charge in [0.1, 0.15) is 5.75 Å². The first kappa shape index (κ1) is 19.5. The summed E-state index contributed by atoms with van der Waals surface area (Å²) in [5, 5.41) is 6.73. The lowest BCUT2D eigenvalue weighted by atomic mass is 10.2. The van der Waals surface area contributed by atoms with Crippen molar-refractivity contribution in [3.05, 3.63) is 59.9 Å². The van der Waals surface area contributed by atoms with Crippen LogP contribution in [0.5, 0.6) is 5.75 Å². The van der Waals surface area contributed by atoms with E-state index in [0.29, 0.717) is 17.9 Å². The summed E-state index contributed by atoms with van der Waals surface area (Å²) in [6.45, 7) is 1.23. The molecule has 2 aromatic rings. The van der Waals surface area contributed by atoms with E-state index in [-0.39, 0.29) is 24.5 Å². The number of hydrogen-bond donors (Lipinski definition) is 2. The minimum atomic E-state index is -0.312. The van der Waals surface area contributed by atoms with Crippen LogP contribution in [0.1, 0.15) is 28.8 Å². The average Bonchev–Trinajstić information content (AvgIpc) is 3.26. The molecule has 2 N–H and O–H groups in total. The molecule has 0 radical (unpaired) electrons. The molecule has 146 valence electrons. The Morgan fingerprint density at radius 2 is 2.00 bits per heavy atom. The lowest BCUT2D eigenvalue weighted by Gasteiger charge is -2.11. The fourth-order valence-electron chi connectivity index (χ4n) is 2.62. The van der Waals surface area contributed by atoms with Gasteiger partial charge in [-0.3, -0.25) is 14.6 Å². The van der Waals surface area contributed by atoms with Gasteiger partial charge < -0.3 is 14.8 Å². The molecule has 1 aromatic heterocycles. The molecule has 0 aliphatic carbocycles. The van der Waals surface area contributed by atoms with Crippen LogP contribution in [0.15, 0.2) is 53.9 Å². The monoisotopic (exact) mass is 382 g/mol. The summed E-state index contributed by atoms with van der Waals surface area (Å²) in [4.78, 5) is 27.5. The molecule has 0 unspecified atom stereocenters. The van der Waals surface area contributed by atoms with Gasteiger partial charge in [0.05, 0.1) is 12.3 Å². The Bertz CT molecular complexity index is 803. The molecule has 1 atom stereocenters. The lowest BCUT2D eigenvalue weighted by Crippen LogP contribution is -2.35. The topological polar surface area (TPSA) is 102 Å². The number of hydrogen-bond acceptors (Lipinski definition) is 6. The van der Waals surface area contributed by atoms with Crippen LogP contribution < -0.4 is 15.5 Å². The second-order valence-corrected chi connectivity index (χ2v) is 6.23. The van der Waals surface area contributed by atoms with Crippen molar-refractivity contribution in [3.8, 4) is 5.75 Å². The Balaban J connectivity index is 1.39. The maximum Gasteiger partial charge on any atom is 0.271 e.